The molecule has 1 aliphatic heterocycles. The summed E-state index contributed by atoms with van der Waals surface area (Å²) in [5.41, 5.74) is 7.65. The summed E-state index contributed by atoms with van der Waals surface area (Å²) < 4.78 is 0. The number of carbonyl (C=O) groups is 2. The van der Waals surface area contributed by atoms with Gasteiger partial charge in [0.2, 0.25) is 0 Å². The van der Waals surface area contributed by atoms with E-state index in [0.717, 1.165) is 48.3 Å². The van der Waals surface area contributed by atoms with E-state index in [0.29, 0.717) is 5.56 Å². The Morgan fingerprint density at radius 2 is 1.56 bits per heavy atom. The Balaban J connectivity index is 1.19. The Bertz CT molecular complexity index is 1740. The molecule has 1 aliphatic rings. The van der Waals surface area contributed by atoms with E-state index in [1.807, 2.05) is 55.5 Å². The molecule has 41 heavy (non-hydrogen) atoms. The van der Waals surface area contributed by atoms with Gasteiger partial charge in [0.25, 0.3) is 5.91 Å². The Kier molecular flexibility index (Phi) is 7.26. The highest BCUT2D eigenvalue weighted by molar-refractivity contribution is 5.95. The molecule has 0 fully saturated rings. The zero-order valence-corrected chi connectivity index (χ0v) is 23.0. The van der Waals surface area contributed by atoms with Gasteiger partial charge in [-0.2, -0.15) is 0 Å². The predicted molar refractivity (Wildman–Crippen MR) is 164 cm³/mol. The second-order valence-electron chi connectivity index (χ2n) is 10.7. The summed E-state index contributed by atoms with van der Waals surface area (Å²) in [4.78, 5) is 26.9. The van der Waals surface area contributed by atoms with Crippen LogP contribution in [0.25, 0.3) is 21.9 Å². The lowest BCUT2D eigenvalue weighted by molar-refractivity contribution is 0.0696. The zero-order valence-electron chi connectivity index (χ0n) is 23.0. The number of nitrogens with zero attached hydrogens (tertiary/aromatic N) is 1. The van der Waals surface area contributed by atoms with Crippen molar-refractivity contribution >= 4 is 28.3 Å². The van der Waals surface area contributed by atoms with Crippen molar-refractivity contribution in [3.05, 3.63) is 137 Å². The number of rotatable bonds is 7. The summed E-state index contributed by atoms with van der Waals surface area (Å²) in [6.07, 6.45) is 1.95. The van der Waals surface area contributed by atoms with Gasteiger partial charge < -0.3 is 15.3 Å². The lowest BCUT2D eigenvalue weighted by Crippen LogP contribution is -2.30. The molecule has 6 rings (SSSR count). The third-order valence-electron chi connectivity index (χ3n) is 8.00. The van der Waals surface area contributed by atoms with Crippen molar-refractivity contribution in [2.75, 3.05) is 11.4 Å². The number of anilines is 1. The Morgan fingerprint density at radius 3 is 2.37 bits per heavy atom. The minimum atomic E-state index is -0.925. The monoisotopic (exact) mass is 540 g/mol. The number of aryl methyl sites for hydroxylation is 1. The average molecular weight is 541 g/mol. The molecule has 0 saturated heterocycles. The molecule has 0 unspecified atom stereocenters. The van der Waals surface area contributed by atoms with Gasteiger partial charge in [-0.1, -0.05) is 72.8 Å². The third-order valence-corrected chi connectivity index (χ3v) is 8.00. The highest BCUT2D eigenvalue weighted by atomic mass is 16.4. The fraction of sp³-hybridized carbons (Fsp3) is 0.167. The molecule has 204 valence electrons. The molecule has 2 N–H and O–H groups in total. The van der Waals surface area contributed by atoms with E-state index in [1.165, 1.54) is 21.9 Å². The number of carboxylic acids is 1. The van der Waals surface area contributed by atoms with E-state index in [4.69, 9.17) is 0 Å². The summed E-state index contributed by atoms with van der Waals surface area (Å²) in [6.45, 7) is 3.69. The smallest absolute Gasteiger partial charge is 0.335 e. The summed E-state index contributed by atoms with van der Waals surface area (Å²) in [7, 11) is 0. The van der Waals surface area contributed by atoms with Crippen LogP contribution in [-0.2, 0) is 13.0 Å². The van der Waals surface area contributed by atoms with E-state index in [1.54, 1.807) is 12.1 Å². The largest absolute Gasteiger partial charge is 0.478 e. The fourth-order valence-corrected chi connectivity index (χ4v) is 5.76. The quantitative estimate of drug-likeness (QED) is 0.222. The molecule has 5 heteroatoms. The van der Waals surface area contributed by atoms with Gasteiger partial charge in [-0.15, -0.1) is 0 Å². The maximum Gasteiger partial charge on any atom is 0.335 e. The van der Waals surface area contributed by atoms with Gasteiger partial charge in [-0.3, -0.25) is 4.79 Å². The first-order chi connectivity index (χ1) is 20.0. The number of nitrogens with one attached hydrogen (secondary N) is 1. The molecule has 0 radical (unpaired) electrons. The average Bonchev–Trinajstić information content (AvgIpc) is 3.01. The third kappa shape index (κ3) is 5.57. The van der Waals surface area contributed by atoms with Crippen molar-refractivity contribution in [3.8, 4) is 11.1 Å². The molecule has 0 aromatic heterocycles. The van der Waals surface area contributed by atoms with Crippen molar-refractivity contribution in [1.82, 2.24) is 5.32 Å². The van der Waals surface area contributed by atoms with Crippen LogP contribution in [0, 0.1) is 0 Å². The van der Waals surface area contributed by atoms with Crippen LogP contribution < -0.4 is 10.2 Å². The maximum absolute atomic E-state index is 13.3. The number of aromatic carboxylic acids is 1. The summed E-state index contributed by atoms with van der Waals surface area (Å²) in [5.74, 6) is -0.994. The predicted octanol–water partition coefficient (Wildman–Crippen LogP) is 7.65. The second kappa shape index (κ2) is 11.3. The van der Waals surface area contributed by atoms with Crippen molar-refractivity contribution in [2.24, 2.45) is 0 Å². The van der Waals surface area contributed by atoms with Gasteiger partial charge in [0, 0.05) is 24.3 Å². The first-order valence-corrected chi connectivity index (χ1v) is 14.1. The number of carbonyl (C=O) groups excluding carboxylic acids is 1. The molecule has 0 bridgehead atoms. The molecule has 5 nitrogen and oxygen atoms in total. The van der Waals surface area contributed by atoms with E-state index < -0.39 is 5.97 Å². The number of hydrogen-bond acceptors (Lipinski definition) is 3. The van der Waals surface area contributed by atoms with Gasteiger partial charge >= 0.3 is 5.97 Å². The van der Waals surface area contributed by atoms with Crippen molar-refractivity contribution < 1.29 is 14.7 Å². The van der Waals surface area contributed by atoms with E-state index in [-0.39, 0.29) is 17.5 Å². The Morgan fingerprint density at radius 1 is 0.829 bits per heavy atom. The van der Waals surface area contributed by atoms with Crippen LogP contribution in [0.4, 0.5) is 5.69 Å². The van der Waals surface area contributed by atoms with E-state index in [9.17, 15) is 14.7 Å². The normalized spacial score (nSPS) is 13.4. The second-order valence-corrected chi connectivity index (χ2v) is 10.7. The highest BCUT2D eigenvalue weighted by Gasteiger charge is 2.21. The van der Waals surface area contributed by atoms with Gasteiger partial charge in [0.05, 0.1) is 11.6 Å². The molecule has 0 aliphatic carbocycles. The number of benzene rings is 5. The van der Waals surface area contributed by atoms with E-state index in [2.05, 4.69) is 58.7 Å². The number of amides is 1. The minimum absolute atomic E-state index is 0.0688. The maximum atomic E-state index is 13.3. The van der Waals surface area contributed by atoms with Crippen molar-refractivity contribution in [2.45, 2.75) is 32.4 Å². The van der Waals surface area contributed by atoms with Crippen LogP contribution in [0.1, 0.15) is 56.8 Å². The Labute approximate surface area is 240 Å². The molecule has 1 heterocycles. The summed E-state index contributed by atoms with van der Waals surface area (Å²) in [6, 6.07) is 35.8. The molecule has 5 aromatic rings. The van der Waals surface area contributed by atoms with Gasteiger partial charge in [0.15, 0.2) is 0 Å². The van der Waals surface area contributed by atoms with Crippen LogP contribution >= 0.6 is 0 Å². The minimum Gasteiger partial charge on any atom is -0.478 e. The first-order valence-electron chi connectivity index (χ1n) is 14.1. The number of hydrogen-bond donors (Lipinski definition) is 2. The molecule has 0 spiro atoms. The van der Waals surface area contributed by atoms with E-state index >= 15 is 0 Å². The molecular formula is C36H32N2O3. The summed E-state index contributed by atoms with van der Waals surface area (Å²) in [5, 5.41) is 14.8. The lowest BCUT2D eigenvalue weighted by Gasteiger charge is -2.32. The number of fused-ring (bicyclic) bond motifs is 2. The van der Waals surface area contributed by atoms with Crippen molar-refractivity contribution in [1.29, 1.82) is 0 Å². The SMILES string of the molecule is C[C@H](NC(=O)c1ccc2c(c1)CCCN2Cc1ccccc1-c1ccc(C(=O)O)cc1)c1ccc2ccccc2c1. The van der Waals surface area contributed by atoms with Crippen LogP contribution in [0.3, 0.4) is 0 Å². The summed E-state index contributed by atoms with van der Waals surface area (Å²) >= 11 is 0. The van der Waals surface area contributed by atoms with Crippen LogP contribution in [0.5, 0.6) is 0 Å². The molecule has 0 saturated carbocycles. The first kappa shape index (κ1) is 26.3. The van der Waals surface area contributed by atoms with Gasteiger partial charge in [-0.05, 0) is 94.8 Å². The molecule has 1 amide bonds. The number of carboxylic acid groups (broad SMARTS) is 1. The Hall–Kier alpha value is -4.90. The molecular weight excluding hydrogens is 508 g/mol. The van der Waals surface area contributed by atoms with Crippen LogP contribution in [0.15, 0.2) is 109 Å². The van der Waals surface area contributed by atoms with Gasteiger partial charge in [0.1, 0.15) is 0 Å². The lowest BCUT2D eigenvalue weighted by atomic mass is 9.95. The van der Waals surface area contributed by atoms with Crippen molar-refractivity contribution in [3.63, 3.8) is 0 Å². The van der Waals surface area contributed by atoms with Crippen LogP contribution in [-0.4, -0.2) is 23.5 Å². The standard InChI is InChI=1S/C36H32N2O3/c1-24(28-17-12-25-7-2-3-8-29(25)21-28)37-35(39)31-18-19-34-30(22-31)10-6-20-38(34)23-32-9-4-5-11-33(32)26-13-15-27(16-14-26)36(40)41/h2-5,7-9,11-19,21-22,24H,6,10,20,23H2,1H3,(H,37,39)(H,40,41)/t24-/m0/s1. The molecule has 1 atom stereocenters. The topological polar surface area (TPSA) is 69.6 Å². The van der Waals surface area contributed by atoms with Gasteiger partial charge in [-0.25, -0.2) is 4.79 Å². The fourth-order valence-electron chi connectivity index (χ4n) is 5.76. The highest BCUT2D eigenvalue weighted by Crippen LogP contribution is 2.32. The zero-order chi connectivity index (χ0) is 28.3. The van der Waals surface area contributed by atoms with Crippen LogP contribution in [0.2, 0.25) is 0 Å². The molecule has 5 aromatic carbocycles.